The Hall–Kier alpha value is -1.06. The molecule has 3 nitrogen and oxygen atoms in total. The fraction of sp³-hybridized carbons (Fsp3) is 0.533. The van der Waals surface area contributed by atoms with Crippen molar-refractivity contribution >= 4 is 17.6 Å². The molecule has 0 radical (unpaired) electrons. The number of benzene rings is 1. The van der Waals surface area contributed by atoms with Crippen LogP contribution in [-0.2, 0) is 9.53 Å². The number of carbonyl (C=O) groups excluding carboxylic acids is 1. The van der Waals surface area contributed by atoms with Gasteiger partial charge in [-0.1, -0.05) is 37.1 Å². The first kappa shape index (κ1) is 16.0. The standard InChI is InChI=1S/C15H22ClNO2/c1-5-6-13(11-7-9-12(16)10-8-11)17-15(2,3)14(18)19-4/h7-10,13,17H,5-6H2,1-4H3. The summed E-state index contributed by atoms with van der Waals surface area (Å²) in [7, 11) is 1.41. The molecule has 1 unspecified atom stereocenters. The lowest BCUT2D eigenvalue weighted by atomic mass is 9.97. The van der Waals surface area contributed by atoms with Crippen molar-refractivity contribution in [3.63, 3.8) is 0 Å². The molecule has 1 aromatic carbocycles. The smallest absolute Gasteiger partial charge is 0.325 e. The minimum absolute atomic E-state index is 0.108. The normalized spacial score (nSPS) is 13.1. The van der Waals surface area contributed by atoms with Gasteiger partial charge in [-0.2, -0.15) is 0 Å². The van der Waals surface area contributed by atoms with Crippen LogP contribution >= 0.6 is 11.6 Å². The summed E-state index contributed by atoms with van der Waals surface area (Å²) in [6.07, 6.45) is 1.97. The van der Waals surface area contributed by atoms with Crippen molar-refractivity contribution in [2.24, 2.45) is 0 Å². The minimum atomic E-state index is -0.714. The van der Waals surface area contributed by atoms with Crippen LogP contribution in [0, 0.1) is 0 Å². The van der Waals surface area contributed by atoms with E-state index in [0.29, 0.717) is 5.02 Å². The van der Waals surface area contributed by atoms with Gasteiger partial charge >= 0.3 is 5.97 Å². The molecule has 4 heteroatoms. The van der Waals surface area contributed by atoms with E-state index in [9.17, 15) is 4.79 Å². The summed E-state index contributed by atoms with van der Waals surface area (Å²) in [5, 5.41) is 4.08. The highest BCUT2D eigenvalue weighted by atomic mass is 35.5. The summed E-state index contributed by atoms with van der Waals surface area (Å²) >= 11 is 5.90. The van der Waals surface area contributed by atoms with E-state index in [1.807, 2.05) is 38.1 Å². The second kappa shape index (κ2) is 6.92. The lowest BCUT2D eigenvalue weighted by Crippen LogP contribution is -2.49. The van der Waals surface area contributed by atoms with Gasteiger partial charge < -0.3 is 4.74 Å². The van der Waals surface area contributed by atoms with Crippen molar-refractivity contribution in [3.8, 4) is 0 Å². The van der Waals surface area contributed by atoms with Gasteiger partial charge in [0.2, 0.25) is 0 Å². The molecule has 0 aliphatic rings. The summed E-state index contributed by atoms with van der Waals surface area (Å²) in [6.45, 7) is 5.78. The number of nitrogens with one attached hydrogen (secondary N) is 1. The Morgan fingerprint density at radius 2 is 1.95 bits per heavy atom. The van der Waals surface area contributed by atoms with Gasteiger partial charge in [-0.3, -0.25) is 10.1 Å². The second-order valence-electron chi connectivity index (χ2n) is 5.15. The molecular weight excluding hydrogens is 262 g/mol. The predicted molar refractivity (Wildman–Crippen MR) is 78.3 cm³/mol. The Kier molecular flexibility index (Phi) is 5.83. The summed E-state index contributed by atoms with van der Waals surface area (Å²) in [6, 6.07) is 7.82. The van der Waals surface area contributed by atoms with Crippen molar-refractivity contribution in [2.45, 2.75) is 45.2 Å². The third kappa shape index (κ3) is 4.51. The quantitative estimate of drug-likeness (QED) is 0.809. The van der Waals surface area contributed by atoms with Crippen LogP contribution in [0.3, 0.4) is 0 Å². The molecule has 0 heterocycles. The molecule has 0 aliphatic heterocycles. The first-order valence-electron chi connectivity index (χ1n) is 6.52. The van der Waals surface area contributed by atoms with E-state index in [4.69, 9.17) is 16.3 Å². The molecule has 0 spiro atoms. The minimum Gasteiger partial charge on any atom is -0.468 e. The molecule has 1 atom stereocenters. The van der Waals surface area contributed by atoms with Crippen LogP contribution in [0.25, 0.3) is 0 Å². The van der Waals surface area contributed by atoms with Crippen molar-refractivity contribution in [3.05, 3.63) is 34.9 Å². The van der Waals surface area contributed by atoms with Gasteiger partial charge in [0.15, 0.2) is 0 Å². The molecule has 0 fully saturated rings. The zero-order valence-electron chi connectivity index (χ0n) is 12.0. The molecule has 19 heavy (non-hydrogen) atoms. The number of hydrogen-bond acceptors (Lipinski definition) is 3. The third-order valence-electron chi connectivity index (χ3n) is 3.08. The number of carbonyl (C=O) groups is 1. The number of rotatable bonds is 6. The third-order valence-corrected chi connectivity index (χ3v) is 3.33. The van der Waals surface area contributed by atoms with Crippen LogP contribution < -0.4 is 5.32 Å². The van der Waals surface area contributed by atoms with Crippen molar-refractivity contribution < 1.29 is 9.53 Å². The highest BCUT2D eigenvalue weighted by molar-refractivity contribution is 6.30. The van der Waals surface area contributed by atoms with E-state index in [0.717, 1.165) is 18.4 Å². The lowest BCUT2D eigenvalue weighted by molar-refractivity contribution is -0.147. The second-order valence-corrected chi connectivity index (χ2v) is 5.59. The van der Waals surface area contributed by atoms with Crippen molar-refractivity contribution in [2.75, 3.05) is 7.11 Å². The Bertz CT molecular complexity index is 415. The van der Waals surface area contributed by atoms with Gasteiger partial charge in [0.25, 0.3) is 0 Å². The van der Waals surface area contributed by atoms with E-state index >= 15 is 0 Å². The summed E-state index contributed by atoms with van der Waals surface area (Å²) in [4.78, 5) is 11.8. The first-order valence-corrected chi connectivity index (χ1v) is 6.90. The van der Waals surface area contributed by atoms with Gasteiger partial charge in [-0.05, 0) is 38.0 Å². The van der Waals surface area contributed by atoms with Gasteiger partial charge in [-0.25, -0.2) is 0 Å². The largest absolute Gasteiger partial charge is 0.468 e. The molecular formula is C15H22ClNO2. The Labute approximate surface area is 120 Å². The molecule has 0 aromatic heterocycles. The molecule has 0 bridgehead atoms. The summed E-state index contributed by atoms with van der Waals surface area (Å²) in [5.74, 6) is -0.262. The molecule has 0 amide bonds. The lowest BCUT2D eigenvalue weighted by Gasteiger charge is -2.30. The van der Waals surface area contributed by atoms with Crippen molar-refractivity contribution in [1.29, 1.82) is 0 Å². The van der Waals surface area contributed by atoms with Crippen LogP contribution in [0.2, 0.25) is 5.02 Å². The first-order chi connectivity index (χ1) is 8.90. The van der Waals surface area contributed by atoms with E-state index in [2.05, 4.69) is 12.2 Å². The number of methoxy groups -OCH3 is 1. The van der Waals surface area contributed by atoms with E-state index in [1.54, 1.807) is 0 Å². The van der Waals surface area contributed by atoms with E-state index in [1.165, 1.54) is 7.11 Å². The maximum Gasteiger partial charge on any atom is 0.325 e. The van der Waals surface area contributed by atoms with Crippen LogP contribution in [0.1, 0.15) is 45.2 Å². The highest BCUT2D eigenvalue weighted by Gasteiger charge is 2.31. The van der Waals surface area contributed by atoms with Gasteiger partial charge in [0.05, 0.1) is 7.11 Å². The molecule has 1 N–H and O–H groups in total. The average molecular weight is 284 g/mol. The maximum atomic E-state index is 11.8. The van der Waals surface area contributed by atoms with Gasteiger partial charge in [0, 0.05) is 11.1 Å². The zero-order valence-corrected chi connectivity index (χ0v) is 12.8. The Morgan fingerprint density at radius 1 is 1.37 bits per heavy atom. The highest BCUT2D eigenvalue weighted by Crippen LogP contribution is 2.23. The van der Waals surface area contributed by atoms with Crippen LogP contribution in [0.15, 0.2) is 24.3 Å². The van der Waals surface area contributed by atoms with Crippen LogP contribution in [0.5, 0.6) is 0 Å². The molecule has 0 saturated heterocycles. The van der Waals surface area contributed by atoms with Crippen LogP contribution in [0.4, 0.5) is 0 Å². The van der Waals surface area contributed by atoms with Gasteiger partial charge in [0.1, 0.15) is 5.54 Å². The molecule has 0 aliphatic carbocycles. The number of ether oxygens (including phenoxy) is 1. The molecule has 1 rings (SSSR count). The molecule has 106 valence electrons. The SMILES string of the molecule is CCCC(NC(C)(C)C(=O)OC)c1ccc(Cl)cc1. The Morgan fingerprint density at radius 3 is 2.42 bits per heavy atom. The monoisotopic (exact) mass is 283 g/mol. The van der Waals surface area contributed by atoms with E-state index in [-0.39, 0.29) is 12.0 Å². The predicted octanol–water partition coefficient (Wildman–Crippen LogP) is 3.72. The van der Waals surface area contributed by atoms with E-state index < -0.39 is 5.54 Å². The number of halogens is 1. The fourth-order valence-corrected chi connectivity index (χ4v) is 2.18. The summed E-state index contributed by atoms with van der Waals surface area (Å²) < 4.78 is 4.83. The topological polar surface area (TPSA) is 38.3 Å². The summed E-state index contributed by atoms with van der Waals surface area (Å²) in [5.41, 5.74) is 0.414. The molecule has 1 aromatic rings. The fourth-order valence-electron chi connectivity index (χ4n) is 2.06. The average Bonchev–Trinajstić information content (AvgIpc) is 2.38. The van der Waals surface area contributed by atoms with Crippen molar-refractivity contribution in [1.82, 2.24) is 5.32 Å². The van der Waals surface area contributed by atoms with Crippen LogP contribution in [-0.4, -0.2) is 18.6 Å². The van der Waals surface area contributed by atoms with Gasteiger partial charge in [-0.15, -0.1) is 0 Å². The number of esters is 1. The Balaban J connectivity index is 2.89. The molecule has 0 saturated carbocycles. The maximum absolute atomic E-state index is 11.8. The number of hydrogen-bond donors (Lipinski definition) is 1. The zero-order chi connectivity index (χ0) is 14.5.